The van der Waals surface area contributed by atoms with E-state index in [0.29, 0.717) is 0 Å². The van der Waals surface area contributed by atoms with Crippen LogP contribution in [0.15, 0.2) is 78.9 Å². The Balaban J connectivity index is 1.79. The van der Waals surface area contributed by atoms with Crippen molar-refractivity contribution >= 4 is 11.4 Å². The number of rotatable bonds is 3. The summed E-state index contributed by atoms with van der Waals surface area (Å²) in [5.41, 5.74) is 5.99. The first kappa shape index (κ1) is 12.5. The van der Waals surface area contributed by atoms with Crippen LogP contribution in [0.4, 0.5) is 11.4 Å². The Labute approximate surface area is 119 Å². The predicted octanol–water partition coefficient (Wildman–Crippen LogP) is 5.41. The van der Waals surface area contributed by atoms with Gasteiger partial charge in [-0.05, 0) is 42.3 Å². The fourth-order valence-electron chi connectivity index (χ4n) is 2.18. The van der Waals surface area contributed by atoms with Gasteiger partial charge in [-0.2, -0.15) is 0 Å². The number of hydrogen-bond acceptors (Lipinski definition) is 1. The zero-order chi connectivity index (χ0) is 13.8. The molecular formula is C19H17N. The Morgan fingerprint density at radius 1 is 0.550 bits per heavy atom. The van der Waals surface area contributed by atoms with Crippen molar-refractivity contribution in [2.75, 3.05) is 5.32 Å². The molecule has 0 saturated heterocycles. The van der Waals surface area contributed by atoms with Gasteiger partial charge in [0.15, 0.2) is 0 Å². The smallest absolute Gasteiger partial charge is 0.0384 e. The van der Waals surface area contributed by atoms with Crippen LogP contribution in [0.3, 0.4) is 0 Å². The quantitative estimate of drug-likeness (QED) is 0.663. The van der Waals surface area contributed by atoms with Crippen LogP contribution in [0, 0.1) is 6.92 Å². The first-order valence-electron chi connectivity index (χ1n) is 6.80. The number of benzene rings is 3. The summed E-state index contributed by atoms with van der Waals surface area (Å²) in [7, 11) is 0. The van der Waals surface area contributed by atoms with E-state index in [1.165, 1.54) is 16.7 Å². The molecule has 20 heavy (non-hydrogen) atoms. The molecule has 0 aliphatic carbocycles. The molecule has 1 heteroatoms. The van der Waals surface area contributed by atoms with Crippen LogP contribution >= 0.6 is 0 Å². The Morgan fingerprint density at radius 3 is 1.65 bits per heavy atom. The zero-order valence-corrected chi connectivity index (χ0v) is 11.5. The molecule has 1 nitrogen and oxygen atoms in total. The van der Waals surface area contributed by atoms with Gasteiger partial charge in [-0.25, -0.2) is 0 Å². The van der Waals surface area contributed by atoms with Crippen molar-refractivity contribution in [2.24, 2.45) is 0 Å². The van der Waals surface area contributed by atoms with Crippen LogP contribution in [-0.4, -0.2) is 0 Å². The van der Waals surface area contributed by atoms with Gasteiger partial charge in [0, 0.05) is 11.4 Å². The zero-order valence-electron chi connectivity index (χ0n) is 11.5. The number of anilines is 2. The monoisotopic (exact) mass is 259 g/mol. The Hall–Kier alpha value is -2.54. The number of hydrogen-bond donors (Lipinski definition) is 1. The van der Waals surface area contributed by atoms with Gasteiger partial charge in [0.25, 0.3) is 0 Å². The Bertz CT molecular complexity index is 667. The summed E-state index contributed by atoms with van der Waals surface area (Å²) in [6, 6.07) is 27.3. The fourth-order valence-corrected chi connectivity index (χ4v) is 2.18. The molecule has 0 aliphatic rings. The fraction of sp³-hybridized carbons (Fsp3) is 0.0526. The molecule has 3 rings (SSSR count). The van der Waals surface area contributed by atoms with Crippen molar-refractivity contribution < 1.29 is 0 Å². The lowest BCUT2D eigenvalue weighted by Crippen LogP contribution is -1.89. The van der Waals surface area contributed by atoms with Crippen molar-refractivity contribution in [2.45, 2.75) is 6.92 Å². The van der Waals surface area contributed by atoms with Crippen LogP contribution in [-0.2, 0) is 0 Å². The number of para-hydroxylation sites is 1. The molecule has 0 atom stereocenters. The average molecular weight is 259 g/mol. The highest BCUT2D eigenvalue weighted by molar-refractivity contribution is 5.68. The first-order valence-corrected chi connectivity index (χ1v) is 6.80. The minimum atomic E-state index is 1.10. The summed E-state index contributed by atoms with van der Waals surface area (Å²) in [5.74, 6) is 0. The van der Waals surface area contributed by atoms with Gasteiger partial charge in [0.05, 0.1) is 0 Å². The van der Waals surface area contributed by atoms with Crippen LogP contribution < -0.4 is 5.32 Å². The van der Waals surface area contributed by atoms with E-state index < -0.39 is 0 Å². The van der Waals surface area contributed by atoms with E-state index in [2.05, 4.69) is 72.9 Å². The maximum absolute atomic E-state index is 3.39. The maximum Gasteiger partial charge on any atom is 0.0384 e. The Kier molecular flexibility index (Phi) is 3.51. The highest BCUT2D eigenvalue weighted by Crippen LogP contribution is 2.23. The van der Waals surface area contributed by atoms with Crippen LogP contribution in [0.1, 0.15) is 5.56 Å². The van der Waals surface area contributed by atoms with E-state index in [1.54, 1.807) is 0 Å². The molecule has 0 heterocycles. The minimum Gasteiger partial charge on any atom is -0.356 e. The standard InChI is InChI=1S/C19H17N/c1-15-7-9-16(10-8-15)17-11-13-19(14-12-17)20-18-5-3-2-4-6-18/h2-14,20H,1H3. The van der Waals surface area contributed by atoms with Crippen LogP contribution in [0.5, 0.6) is 0 Å². The van der Waals surface area contributed by atoms with Gasteiger partial charge in [0.2, 0.25) is 0 Å². The van der Waals surface area contributed by atoms with E-state index in [1.807, 2.05) is 18.2 Å². The molecule has 3 aromatic rings. The summed E-state index contributed by atoms with van der Waals surface area (Å²) in [5, 5.41) is 3.39. The molecule has 0 aliphatic heterocycles. The third-order valence-corrected chi connectivity index (χ3v) is 3.33. The van der Waals surface area contributed by atoms with Gasteiger partial charge in [0.1, 0.15) is 0 Å². The van der Waals surface area contributed by atoms with Crippen LogP contribution in [0.25, 0.3) is 11.1 Å². The third-order valence-electron chi connectivity index (χ3n) is 3.33. The van der Waals surface area contributed by atoms with Gasteiger partial charge >= 0.3 is 0 Å². The average Bonchev–Trinajstić information content (AvgIpc) is 2.50. The topological polar surface area (TPSA) is 12.0 Å². The Morgan fingerprint density at radius 2 is 1.05 bits per heavy atom. The molecule has 0 amide bonds. The van der Waals surface area contributed by atoms with Crippen molar-refractivity contribution in [1.29, 1.82) is 0 Å². The SMILES string of the molecule is Cc1ccc(-c2ccc(Nc3ccccc3)cc2)cc1. The van der Waals surface area contributed by atoms with Crippen molar-refractivity contribution in [3.8, 4) is 11.1 Å². The lowest BCUT2D eigenvalue weighted by Gasteiger charge is -2.08. The largest absolute Gasteiger partial charge is 0.356 e. The summed E-state index contributed by atoms with van der Waals surface area (Å²) in [4.78, 5) is 0. The van der Waals surface area contributed by atoms with E-state index in [9.17, 15) is 0 Å². The number of nitrogens with one attached hydrogen (secondary N) is 1. The molecule has 0 aromatic heterocycles. The van der Waals surface area contributed by atoms with Gasteiger partial charge in [-0.1, -0.05) is 60.2 Å². The van der Waals surface area contributed by atoms with Crippen molar-refractivity contribution in [3.05, 3.63) is 84.4 Å². The molecule has 0 spiro atoms. The van der Waals surface area contributed by atoms with Crippen molar-refractivity contribution in [1.82, 2.24) is 0 Å². The van der Waals surface area contributed by atoms with E-state index in [-0.39, 0.29) is 0 Å². The molecule has 98 valence electrons. The lowest BCUT2D eigenvalue weighted by molar-refractivity contribution is 1.47. The second-order valence-electron chi connectivity index (χ2n) is 4.93. The van der Waals surface area contributed by atoms with Gasteiger partial charge in [-0.15, -0.1) is 0 Å². The first-order chi connectivity index (χ1) is 9.81. The summed E-state index contributed by atoms with van der Waals surface area (Å²) < 4.78 is 0. The highest BCUT2D eigenvalue weighted by Gasteiger charge is 1.98. The third kappa shape index (κ3) is 2.89. The molecule has 0 fully saturated rings. The van der Waals surface area contributed by atoms with Crippen molar-refractivity contribution in [3.63, 3.8) is 0 Å². The molecule has 0 radical (unpaired) electrons. The molecule has 1 N–H and O–H groups in total. The molecule has 0 saturated carbocycles. The lowest BCUT2D eigenvalue weighted by atomic mass is 10.0. The second-order valence-corrected chi connectivity index (χ2v) is 4.93. The highest BCUT2D eigenvalue weighted by atomic mass is 14.9. The van der Waals surface area contributed by atoms with Crippen LogP contribution in [0.2, 0.25) is 0 Å². The number of aryl methyl sites for hydroxylation is 1. The van der Waals surface area contributed by atoms with E-state index >= 15 is 0 Å². The van der Waals surface area contributed by atoms with Gasteiger partial charge < -0.3 is 5.32 Å². The molecule has 0 bridgehead atoms. The second kappa shape index (κ2) is 5.62. The summed E-state index contributed by atoms with van der Waals surface area (Å²) in [6.45, 7) is 2.11. The van der Waals surface area contributed by atoms with Gasteiger partial charge in [-0.3, -0.25) is 0 Å². The maximum atomic E-state index is 3.39. The minimum absolute atomic E-state index is 1.10. The molecule has 0 unspecified atom stereocenters. The van der Waals surface area contributed by atoms with E-state index in [0.717, 1.165) is 11.4 Å². The molecular weight excluding hydrogens is 242 g/mol. The predicted molar refractivity (Wildman–Crippen MR) is 86.3 cm³/mol. The summed E-state index contributed by atoms with van der Waals surface area (Å²) >= 11 is 0. The molecule has 3 aromatic carbocycles. The normalized spacial score (nSPS) is 10.2. The summed E-state index contributed by atoms with van der Waals surface area (Å²) in [6.07, 6.45) is 0. The van der Waals surface area contributed by atoms with E-state index in [4.69, 9.17) is 0 Å².